The Bertz CT molecular complexity index is 1170. The summed E-state index contributed by atoms with van der Waals surface area (Å²) in [5.74, 6) is -1.48. The summed E-state index contributed by atoms with van der Waals surface area (Å²) in [4.78, 5) is 30.6. The number of ketones is 1. The number of carbonyl (C=O) groups is 2. The minimum absolute atomic E-state index is 0.101. The number of Topliss-reactive ketones (excluding diaryl/α,β-unsaturated/α-hetero) is 1. The summed E-state index contributed by atoms with van der Waals surface area (Å²) in [6.07, 6.45) is 1.80. The van der Waals surface area contributed by atoms with Crippen LogP contribution in [0.1, 0.15) is 28.3 Å². The first-order chi connectivity index (χ1) is 14.4. The molecule has 1 unspecified atom stereocenters. The van der Waals surface area contributed by atoms with Crippen molar-refractivity contribution in [1.29, 1.82) is 0 Å². The van der Waals surface area contributed by atoms with Crippen molar-refractivity contribution in [2.45, 2.75) is 19.9 Å². The Morgan fingerprint density at radius 1 is 1.13 bits per heavy atom. The molecule has 1 aliphatic rings. The number of likely N-dealkylation sites (tertiary alicyclic amines) is 1. The number of fused-ring (bicyclic) bond motifs is 1. The molecule has 4 rings (SSSR count). The Morgan fingerprint density at radius 3 is 2.63 bits per heavy atom. The van der Waals surface area contributed by atoms with Crippen LogP contribution in [0.15, 0.2) is 54.2 Å². The molecule has 2 heterocycles. The highest BCUT2D eigenvalue weighted by atomic mass is 16.5. The number of aryl methyl sites for hydroxylation is 2. The Hall–Kier alpha value is -3.38. The molecule has 0 saturated carbocycles. The number of amides is 1. The number of H-pyrrole nitrogens is 1. The Labute approximate surface area is 174 Å². The van der Waals surface area contributed by atoms with Gasteiger partial charge in [0.15, 0.2) is 0 Å². The fourth-order valence-corrected chi connectivity index (χ4v) is 3.99. The van der Waals surface area contributed by atoms with Crippen molar-refractivity contribution in [3.63, 3.8) is 0 Å². The summed E-state index contributed by atoms with van der Waals surface area (Å²) in [5.41, 5.74) is 4.37. The molecule has 6 nitrogen and oxygen atoms in total. The van der Waals surface area contributed by atoms with Gasteiger partial charge in [0.05, 0.1) is 18.2 Å². The molecule has 30 heavy (non-hydrogen) atoms. The van der Waals surface area contributed by atoms with Crippen molar-refractivity contribution in [3.05, 3.63) is 76.5 Å². The van der Waals surface area contributed by atoms with Gasteiger partial charge in [0, 0.05) is 41.9 Å². The molecule has 6 heteroatoms. The van der Waals surface area contributed by atoms with Gasteiger partial charge >= 0.3 is 0 Å². The number of rotatable bonds is 5. The van der Waals surface area contributed by atoms with Crippen molar-refractivity contribution >= 4 is 28.4 Å². The predicted octanol–water partition coefficient (Wildman–Crippen LogP) is 3.85. The number of nitrogens with zero attached hydrogens (tertiary/aromatic N) is 1. The van der Waals surface area contributed by atoms with E-state index in [1.807, 2.05) is 50.2 Å². The Morgan fingerprint density at radius 2 is 1.90 bits per heavy atom. The van der Waals surface area contributed by atoms with Gasteiger partial charge in [-0.15, -0.1) is 0 Å². The van der Waals surface area contributed by atoms with Crippen LogP contribution in [0, 0.1) is 13.8 Å². The lowest BCUT2D eigenvalue weighted by atomic mass is 9.94. The number of benzene rings is 2. The zero-order valence-electron chi connectivity index (χ0n) is 17.2. The third-order valence-electron chi connectivity index (χ3n) is 5.77. The molecule has 0 bridgehead atoms. The quantitative estimate of drug-likeness (QED) is 0.384. The van der Waals surface area contributed by atoms with Crippen LogP contribution in [-0.2, 0) is 14.3 Å². The van der Waals surface area contributed by atoms with E-state index in [0.29, 0.717) is 5.56 Å². The average Bonchev–Trinajstić information content (AvgIpc) is 3.27. The number of aromatic amines is 1. The second-order valence-corrected chi connectivity index (χ2v) is 7.57. The molecule has 1 fully saturated rings. The maximum Gasteiger partial charge on any atom is 0.295 e. The normalized spacial score (nSPS) is 18.5. The number of nitrogens with one attached hydrogen (secondary N) is 1. The van der Waals surface area contributed by atoms with E-state index >= 15 is 0 Å². The largest absolute Gasteiger partial charge is 0.507 e. The van der Waals surface area contributed by atoms with E-state index in [1.54, 1.807) is 19.4 Å². The van der Waals surface area contributed by atoms with Crippen molar-refractivity contribution in [2.75, 3.05) is 20.3 Å². The first-order valence-electron chi connectivity index (χ1n) is 9.85. The van der Waals surface area contributed by atoms with E-state index in [9.17, 15) is 14.7 Å². The van der Waals surface area contributed by atoms with Gasteiger partial charge in [-0.25, -0.2) is 0 Å². The summed E-state index contributed by atoms with van der Waals surface area (Å²) < 4.78 is 5.16. The number of methoxy groups -OCH3 is 1. The monoisotopic (exact) mass is 404 g/mol. The Kier molecular flexibility index (Phi) is 5.18. The SMILES string of the molecule is COCCN1C(=O)C(=O)/C(=C(/O)c2ccc(C)c(C)c2)C1c1c[nH]c2ccccc12. The van der Waals surface area contributed by atoms with E-state index in [1.165, 1.54) is 4.90 Å². The fourth-order valence-electron chi connectivity index (χ4n) is 3.99. The molecule has 1 aromatic heterocycles. The van der Waals surface area contributed by atoms with E-state index in [2.05, 4.69) is 4.98 Å². The van der Waals surface area contributed by atoms with Gasteiger partial charge in [-0.2, -0.15) is 0 Å². The lowest BCUT2D eigenvalue weighted by Crippen LogP contribution is -2.32. The smallest absolute Gasteiger partial charge is 0.295 e. The predicted molar refractivity (Wildman–Crippen MR) is 115 cm³/mol. The standard InChI is InChI=1S/C24H24N2O4/c1-14-8-9-16(12-15(14)2)22(27)20-21(26(10-11-30-3)24(29)23(20)28)18-13-25-19-7-5-4-6-17(18)19/h4-9,12-13,21,25,27H,10-11H2,1-3H3/b22-20+. The van der Waals surface area contributed by atoms with Crippen LogP contribution in [0.25, 0.3) is 16.7 Å². The van der Waals surface area contributed by atoms with Crippen LogP contribution in [0.4, 0.5) is 0 Å². The minimum Gasteiger partial charge on any atom is -0.507 e. The van der Waals surface area contributed by atoms with Crippen LogP contribution in [0.5, 0.6) is 0 Å². The molecular formula is C24H24N2O4. The maximum absolute atomic E-state index is 13.0. The van der Waals surface area contributed by atoms with Crippen LogP contribution >= 0.6 is 0 Å². The van der Waals surface area contributed by atoms with Gasteiger partial charge in [-0.3, -0.25) is 9.59 Å². The number of para-hydroxylation sites is 1. The number of aliphatic hydroxyl groups excluding tert-OH is 1. The molecule has 2 aromatic carbocycles. The Balaban J connectivity index is 1.93. The summed E-state index contributed by atoms with van der Waals surface area (Å²) in [7, 11) is 1.55. The van der Waals surface area contributed by atoms with Crippen molar-refractivity contribution in [3.8, 4) is 0 Å². The molecule has 0 spiro atoms. The fraction of sp³-hybridized carbons (Fsp3) is 0.250. The number of hydrogen-bond acceptors (Lipinski definition) is 4. The number of carbonyl (C=O) groups excluding carboxylic acids is 2. The van der Waals surface area contributed by atoms with Gasteiger partial charge in [0.25, 0.3) is 11.7 Å². The number of hydrogen-bond donors (Lipinski definition) is 2. The second-order valence-electron chi connectivity index (χ2n) is 7.57. The van der Waals surface area contributed by atoms with Gasteiger partial charge in [0.2, 0.25) is 0 Å². The first-order valence-corrected chi connectivity index (χ1v) is 9.85. The van der Waals surface area contributed by atoms with E-state index in [0.717, 1.165) is 27.6 Å². The first kappa shape index (κ1) is 19.9. The molecule has 2 N–H and O–H groups in total. The highest BCUT2D eigenvalue weighted by Crippen LogP contribution is 2.41. The highest BCUT2D eigenvalue weighted by Gasteiger charge is 2.46. The highest BCUT2D eigenvalue weighted by molar-refractivity contribution is 6.46. The number of ether oxygens (including phenoxy) is 1. The van der Waals surface area contributed by atoms with Crippen LogP contribution in [-0.4, -0.2) is 46.9 Å². The maximum atomic E-state index is 13.0. The van der Waals surface area contributed by atoms with E-state index in [4.69, 9.17) is 4.74 Å². The van der Waals surface area contributed by atoms with E-state index in [-0.39, 0.29) is 24.5 Å². The molecule has 1 saturated heterocycles. The van der Waals surface area contributed by atoms with Gasteiger partial charge < -0.3 is 19.7 Å². The summed E-state index contributed by atoms with van der Waals surface area (Å²) in [6, 6.07) is 12.5. The molecular weight excluding hydrogens is 380 g/mol. The zero-order valence-corrected chi connectivity index (χ0v) is 17.2. The van der Waals surface area contributed by atoms with Gasteiger partial charge in [-0.05, 0) is 37.1 Å². The topological polar surface area (TPSA) is 82.6 Å². The lowest BCUT2D eigenvalue weighted by molar-refractivity contribution is -0.140. The zero-order chi connectivity index (χ0) is 21.4. The van der Waals surface area contributed by atoms with E-state index < -0.39 is 17.7 Å². The van der Waals surface area contributed by atoms with Crippen molar-refractivity contribution < 1.29 is 19.4 Å². The van der Waals surface area contributed by atoms with Gasteiger partial charge in [-0.1, -0.05) is 30.3 Å². The van der Waals surface area contributed by atoms with Crippen LogP contribution in [0.2, 0.25) is 0 Å². The van der Waals surface area contributed by atoms with Crippen LogP contribution < -0.4 is 0 Å². The van der Waals surface area contributed by atoms with Crippen LogP contribution in [0.3, 0.4) is 0 Å². The minimum atomic E-state index is -0.696. The third-order valence-corrected chi connectivity index (χ3v) is 5.77. The lowest BCUT2D eigenvalue weighted by Gasteiger charge is -2.24. The van der Waals surface area contributed by atoms with Gasteiger partial charge in [0.1, 0.15) is 5.76 Å². The molecule has 1 atom stereocenters. The molecule has 3 aromatic rings. The average molecular weight is 404 g/mol. The summed E-state index contributed by atoms with van der Waals surface area (Å²) in [6.45, 7) is 4.46. The summed E-state index contributed by atoms with van der Waals surface area (Å²) >= 11 is 0. The molecule has 154 valence electrons. The molecule has 0 aliphatic carbocycles. The second kappa shape index (κ2) is 7.80. The number of aliphatic hydroxyl groups is 1. The molecule has 1 aliphatic heterocycles. The molecule has 1 amide bonds. The third kappa shape index (κ3) is 3.19. The summed E-state index contributed by atoms with van der Waals surface area (Å²) in [5, 5.41) is 12.0. The number of aromatic nitrogens is 1. The van der Waals surface area contributed by atoms with Crippen molar-refractivity contribution in [2.24, 2.45) is 0 Å². The molecule has 0 radical (unpaired) electrons. The van der Waals surface area contributed by atoms with Crippen molar-refractivity contribution in [1.82, 2.24) is 9.88 Å².